The van der Waals surface area contributed by atoms with Crippen LogP contribution in [0.1, 0.15) is 40.0 Å². The average Bonchev–Trinajstić information content (AvgIpc) is 2.51. The van der Waals surface area contributed by atoms with E-state index in [4.69, 9.17) is 14.2 Å². The van der Waals surface area contributed by atoms with Gasteiger partial charge in [-0.25, -0.2) is 0 Å². The summed E-state index contributed by atoms with van der Waals surface area (Å²) in [5, 5.41) is 3.36. The predicted octanol–water partition coefficient (Wildman–Crippen LogP) is 1.39. The van der Waals surface area contributed by atoms with Crippen LogP contribution in [0.2, 0.25) is 0 Å². The maximum atomic E-state index is 11.6. The third-order valence-corrected chi connectivity index (χ3v) is 3.79. The number of hydrogen-bond donors (Lipinski definition) is 1. The van der Waals surface area contributed by atoms with Crippen molar-refractivity contribution in [3.63, 3.8) is 0 Å². The summed E-state index contributed by atoms with van der Waals surface area (Å²) < 4.78 is 16.5. The third-order valence-electron chi connectivity index (χ3n) is 3.79. The second-order valence-corrected chi connectivity index (χ2v) is 5.48. The van der Waals surface area contributed by atoms with Gasteiger partial charge in [0.05, 0.1) is 6.61 Å². The lowest BCUT2D eigenvalue weighted by molar-refractivity contribution is -0.167. The lowest BCUT2D eigenvalue weighted by Crippen LogP contribution is -2.52. The summed E-state index contributed by atoms with van der Waals surface area (Å²) in [6, 6.07) is 0.325. The Morgan fingerprint density at radius 1 is 1.27 bits per heavy atom. The molecule has 1 heterocycles. The largest absolute Gasteiger partial charge is 0.376 e. The van der Waals surface area contributed by atoms with Gasteiger partial charge in [-0.05, 0) is 33.1 Å². The zero-order chi connectivity index (χ0) is 16.2. The van der Waals surface area contributed by atoms with Crippen LogP contribution >= 0.6 is 0 Å². The molecule has 6 nitrogen and oxygen atoms in total. The number of nitrogens with one attached hydrogen (secondary N) is 1. The maximum absolute atomic E-state index is 11.6. The van der Waals surface area contributed by atoms with Crippen LogP contribution in [-0.2, 0) is 19.0 Å². The normalized spacial score (nSPS) is 18.9. The Kier molecular flexibility index (Phi) is 10.4. The molecule has 0 aromatic rings. The molecule has 1 aliphatic rings. The van der Waals surface area contributed by atoms with Crippen molar-refractivity contribution < 1.29 is 19.0 Å². The van der Waals surface area contributed by atoms with Gasteiger partial charge in [0, 0.05) is 52.4 Å². The highest BCUT2D eigenvalue weighted by atomic mass is 16.7. The van der Waals surface area contributed by atoms with Gasteiger partial charge in [0.15, 0.2) is 6.29 Å². The van der Waals surface area contributed by atoms with Crippen LogP contribution in [0.15, 0.2) is 0 Å². The second-order valence-electron chi connectivity index (χ2n) is 5.48. The Balaban J connectivity index is 2.10. The number of ether oxygens (including phenoxy) is 3. The molecule has 0 aromatic carbocycles. The van der Waals surface area contributed by atoms with E-state index in [0.29, 0.717) is 32.5 Å². The molecule has 1 aliphatic heterocycles. The first-order valence-corrected chi connectivity index (χ1v) is 8.47. The Morgan fingerprint density at radius 3 is 2.64 bits per heavy atom. The molecule has 0 radical (unpaired) electrons. The van der Waals surface area contributed by atoms with E-state index in [0.717, 1.165) is 38.9 Å². The van der Waals surface area contributed by atoms with Gasteiger partial charge in [-0.3, -0.25) is 4.79 Å². The monoisotopic (exact) mass is 316 g/mol. The average molecular weight is 316 g/mol. The van der Waals surface area contributed by atoms with E-state index >= 15 is 0 Å². The van der Waals surface area contributed by atoms with Gasteiger partial charge in [0.25, 0.3) is 0 Å². The van der Waals surface area contributed by atoms with Gasteiger partial charge in [0.1, 0.15) is 0 Å². The highest BCUT2D eigenvalue weighted by Crippen LogP contribution is 2.11. The summed E-state index contributed by atoms with van der Waals surface area (Å²) in [5.41, 5.74) is 0. The van der Waals surface area contributed by atoms with Crippen molar-refractivity contribution in [2.75, 3.05) is 46.1 Å². The SMILES string of the molecule is CCOC(COCCCCC1CNCCN1C(C)=O)OCC. The number of hydrogen-bond acceptors (Lipinski definition) is 5. The predicted molar refractivity (Wildman–Crippen MR) is 85.8 cm³/mol. The van der Waals surface area contributed by atoms with Crippen LogP contribution in [0, 0.1) is 0 Å². The van der Waals surface area contributed by atoms with E-state index < -0.39 is 0 Å². The van der Waals surface area contributed by atoms with Crippen molar-refractivity contribution in [3.05, 3.63) is 0 Å². The van der Waals surface area contributed by atoms with Crippen molar-refractivity contribution in [1.82, 2.24) is 10.2 Å². The fourth-order valence-electron chi connectivity index (χ4n) is 2.71. The molecule has 22 heavy (non-hydrogen) atoms. The molecule has 0 saturated carbocycles. The molecular weight excluding hydrogens is 284 g/mol. The van der Waals surface area contributed by atoms with Gasteiger partial charge in [0.2, 0.25) is 5.91 Å². The van der Waals surface area contributed by atoms with E-state index in [1.165, 1.54) is 0 Å². The topological polar surface area (TPSA) is 60.0 Å². The smallest absolute Gasteiger partial charge is 0.219 e. The first-order valence-electron chi connectivity index (χ1n) is 8.47. The molecular formula is C16H32N2O4. The van der Waals surface area contributed by atoms with Gasteiger partial charge >= 0.3 is 0 Å². The highest BCUT2D eigenvalue weighted by Gasteiger charge is 2.23. The van der Waals surface area contributed by atoms with E-state index in [1.807, 2.05) is 18.7 Å². The molecule has 1 fully saturated rings. The van der Waals surface area contributed by atoms with Crippen molar-refractivity contribution in [2.45, 2.75) is 52.4 Å². The summed E-state index contributed by atoms with van der Waals surface area (Å²) in [6.45, 7) is 10.6. The summed E-state index contributed by atoms with van der Waals surface area (Å²) in [6.07, 6.45) is 2.82. The second kappa shape index (κ2) is 11.8. The molecule has 0 bridgehead atoms. The van der Waals surface area contributed by atoms with E-state index in [2.05, 4.69) is 5.32 Å². The number of carbonyl (C=O) groups excluding carboxylic acids is 1. The Morgan fingerprint density at radius 2 is 2.00 bits per heavy atom. The molecule has 0 aromatic heterocycles. The molecule has 1 unspecified atom stereocenters. The molecule has 1 amide bonds. The molecule has 1 rings (SSSR count). The number of piperazine rings is 1. The van der Waals surface area contributed by atoms with Crippen LogP contribution < -0.4 is 5.32 Å². The number of rotatable bonds is 11. The van der Waals surface area contributed by atoms with Crippen molar-refractivity contribution in [1.29, 1.82) is 0 Å². The fraction of sp³-hybridized carbons (Fsp3) is 0.938. The number of unbranched alkanes of at least 4 members (excludes halogenated alkanes) is 1. The lowest BCUT2D eigenvalue weighted by Gasteiger charge is -2.35. The molecule has 130 valence electrons. The summed E-state index contributed by atoms with van der Waals surface area (Å²) >= 11 is 0. The van der Waals surface area contributed by atoms with Crippen molar-refractivity contribution in [3.8, 4) is 0 Å². The van der Waals surface area contributed by atoms with E-state index in [-0.39, 0.29) is 12.2 Å². The van der Waals surface area contributed by atoms with Gasteiger partial charge in [-0.15, -0.1) is 0 Å². The number of carbonyl (C=O) groups is 1. The Hall–Kier alpha value is -0.690. The van der Waals surface area contributed by atoms with Gasteiger partial charge < -0.3 is 24.4 Å². The number of amides is 1. The van der Waals surface area contributed by atoms with Gasteiger partial charge in [-0.2, -0.15) is 0 Å². The zero-order valence-electron chi connectivity index (χ0n) is 14.3. The van der Waals surface area contributed by atoms with E-state index in [1.54, 1.807) is 6.92 Å². The first-order chi connectivity index (χ1) is 10.7. The summed E-state index contributed by atoms with van der Waals surface area (Å²) in [4.78, 5) is 13.6. The minimum atomic E-state index is -0.259. The van der Waals surface area contributed by atoms with Crippen LogP contribution in [0.25, 0.3) is 0 Å². The summed E-state index contributed by atoms with van der Waals surface area (Å²) in [7, 11) is 0. The van der Waals surface area contributed by atoms with Crippen LogP contribution in [0.5, 0.6) is 0 Å². The minimum Gasteiger partial charge on any atom is -0.376 e. The van der Waals surface area contributed by atoms with Crippen molar-refractivity contribution >= 4 is 5.91 Å². The zero-order valence-corrected chi connectivity index (χ0v) is 14.3. The first kappa shape index (κ1) is 19.4. The minimum absolute atomic E-state index is 0.180. The quantitative estimate of drug-likeness (QED) is 0.461. The van der Waals surface area contributed by atoms with Gasteiger partial charge in [-0.1, -0.05) is 0 Å². The van der Waals surface area contributed by atoms with Crippen LogP contribution in [0.4, 0.5) is 0 Å². The molecule has 6 heteroatoms. The van der Waals surface area contributed by atoms with Crippen LogP contribution in [-0.4, -0.2) is 69.2 Å². The number of nitrogens with zero attached hydrogens (tertiary/aromatic N) is 1. The molecule has 1 atom stereocenters. The van der Waals surface area contributed by atoms with Crippen molar-refractivity contribution in [2.24, 2.45) is 0 Å². The molecule has 0 spiro atoms. The molecule has 1 N–H and O–H groups in total. The standard InChI is InChI=1S/C16H32N2O4/c1-4-21-16(22-5-2)13-20-11-7-6-8-15-12-17-9-10-18(15)14(3)19/h15-17H,4-13H2,1-3H3. The lowest BCUT2D eigenvalue weighted by atomic mass is 10.1. The highest BCUT2D eigenvalue weighted by molar-refractivity contribution is 5.73. The molecule has 0 aliphatic carbocycles. The fourth-order valence-corrected chi connectivity index (χ4v) is 2.71. The summed E-state index contributed by atoms with van der Waals surface area (Å²) in [5.74, 6) is 0.180. The maximum Gasteiger partial charge on any atom is 0.219 e. The third kappa shape index (κ3) is 7.54. The Bertz CT molecular complexity index is 296. The van der Waals surface area contributed by atoms with E-state index in [9.17, 15) is 4.79 Å². The Labute approximate surface area is 134 Å². The molecule has 1 saturated heterocycles. The van der Waals surface area contributed by atoms with Crippen LogP contribution in [0.3, 0.4) is 0 Å².